The molecule has 1 atom stereocenters. The number of aliphatic hydroxyl groups excluding tert-OH is 1. The van der Waals surface area contributed by atoms with Gasteiger partial charge in [-0.05, 0) is 60.7 Å². The van der Waals surface area contributed by atoms with Gasteiger partial charge in [-0.15, -0.1) is 10.2 Å². The number of anilines is 1. The van der Waals surface area contributed by atoms with Crippen LogP contribution < -0.4 is 14.4 Å². The van der Waals surface area contributed by atoms with E-state index in [1.165, 1.54) is 35.1 Å². The third-order valence-electron chi connectivity index (χ3n) is 6.85. The molecule has 9 nitrogen and oxygen atoms in total. The van der Waals surface area contributed by atoms with Crippen LogP contribution >= 0.6 is 23.1 Å². The lowest BCUT2D eigenvalue weighted by Gasteiger charge is -2.23. The molecule has 0 saturated carbocycles. The SMILES string of the molecule is CCOc1cc(C2/C(=C(\O)c3ccncc3)C(=O)C(=O)N2c2nnc(SCc3ccccc3F)s2)ccc1OCCC(C)C. The quantitative estimate of drug-likeness (QED) is 0.0590. The molecule has 4 aromatic rings. The maximum atomic E-state index is 14.2. The predicted molar refractivity (Wildman–Crippen MR) is 167 cm³/mol. The summed E-state index contributed by atoms with van der Waals surface area (Å²) in [7, 11) is 0. The Morgan fingerprint density at radius 2 is 1.84 bits per heavy atom. The molecule has 1 aliphatic rings. The number of pyridine rings is 1. The van der Waals surface area contributed by atoms with E-state index in [-0.39, 0.29) is 22.3 Å². The van der Waals surface area contributed by atoms with E-state index in [4.69, 9.17) is 9.47 Å². The minimum Gasteiger partial charge on any atom is -0.507 e. The number of carbonyl (C=O) groups is 2. The second-order valence-electron chi connectivity index (χ2n) is 10.3. The van der Waals surface area contributed by atoms with Gasteiger partial charge in [-0.3, -0.25) is 19.5 Å². The van der Waals surface area contributed by atoms with Crippen molar-refractivity contribution in [2.75, 3.05) is 18.1 Å². The highest BCUT2D eigenvalue weighted by Gasteiger charge is 2.48. The molecule has 1 unspecified atom stereocenters. The Bertz CT molecular complexity index is 1680. The first-order chi connectivity index (χ1) is 21.3. The lowest BCUT2D eigenvalue weighted by Crippen LogP contribution is -2.29. The van der Waals surface area contributed by atoms with E-state index in [1.54, 1.807) is 48.5 Å². The number of hydrogen-bond acceptors (Lipinski definition) is 10. The number of hydrogen-bond donors (Lipinski definition) is 1. The van der Waals surface area contributed by atoms with Crippen molar-refractivity contribution in [3.8, 4) is 11.5 Å². The lowest BCUT2D eigenvalue weighted by atomic mass is 9.95. The van der Waals surface area contributed by atoms with Crippen molar-refractivity contribution in [1.82, 2.24) is 15.2 Å². The number of carbonyl (C=O) groups excluding carboxylic acids is 2. The number of amides is 1. The van der Waals surface area contributed by atoms with Crippen LogP contribution in [0.3, 0.4) is 0 Å². The average molecular weight is 635 g/mol. The largest absolute Gasteiger partial charge is 0.507 e. The summed E-state index contributed by atoms with van der Waals surface area (Å²) in [5, 5.41) is 20.0. The van der Waals surface area contributed by atoms with Crippen LogP contribution in [0.5, 0.6) is 11.5 Å². The van der Waals surface area contributed by atoms with E-state index in [0.717, 1.165) is 17.8 Å². The van der Waals surface area contributed by atoms with Gasteiger partial charge in [0.1, 0.15) is 11.6 Å². The highest BCUT2D eigenvalue weighted by molar-refractivity contribution is 8.00. The Morgan fingerprint density at radius 3 is 2.57 bits per heavy atom. The zero-order valence-corrected chi connectivity index (χ0v) is 26.0. The van der Waals surface area contributed by atoms with Gasteiger partial charge in [0, 0.05) is 23.7 Å². The molecule has 0 radical (unpaired) electrons. The normalized spacial score (nSPS) is 16.1. The third-order valence-corrected chi connectivity index (χ3v) is 8.95. The van der Waals surface area contributed by atoms with Crippen LogP contribution in [0.2, 0.25) is 0 Å². The molecule has 1 fully saturated rings. The summed E-state index contributed by atoms with van der Waals surface area (Å²) in [5.41, 5.74) is 1.24. The molecule has 1 amide bonds. The molecule has 228 valence electrons. The second kappa shape index (κ2) is 14.0. The summed E-state index contributed by atoms with van der Waals surface area (Å²) >= 11 is 2.37. The number of rotatable bonds is 12. The molecule has 1 aliphatic heterocycles. The van der Waals surface area contributed by atoms with E-state index >= 15 is 0 Å². The number of aromatic nitrogens is 3. The van der Waals surface area contributed by atoms with Crippen LogP contribution in [0.4, 0.5) is 9.52 Å². The fourth-order valence-corrected chi connectivity index (χ4v) is 6.46. The van der Waals surface area contributed by atoms with E-state index in [1.807, 2.05) is 6.92 Å². The van der Waals surface area contributed by atoms with Crippen molar-refractivity contribution >= 4 is 45.7 Å². The Kier molecular flexibility index (Phi) is 9.91. The summed E-state index contributed by atoms with van der Waals surface area (Å²) in [4.78, 5) is 32.4. The van der Waals surface area contributed by atoms with Gasteiger partial charge >= 0.3 is 5.91 Å². The molecule has 5 rings (SSSR count). The number of ether oxygens (including phenoxy) is 2. The van der Waals surface area contributed by atoms with E-state index in [0.29, 0.717) is 57.4 Å². The number of Topliss-reactive ketones (excluding diaryl/α,β-unsaturated/α-hetero) is 1. The van der Waals surface area contributed by atoms with Crippen LogP contribution in [-0.4, -0.2) is 45.2 Å². The van der Waals surface area contributed by atoms with E-state index in [9.17, 15) is 19.1 Å². The monoisotopic (exact) mass is 634 g/mol. The highest BCUT2D eigenvalue weighted by Crippen LogP contribution is 2.45. The van der Waals surface area contributed by atoms with Gasteiger partial charge in [-0.1, -0.05) is 61.2 Å². The number of ketones is 1. The Labute approximate surface area is 262 Å². The van der Waals surface area contributed by atoms with Gasteiger partial charge in [0.15, 0.2) is 15.8 Å². The summed E-state index contributed by atoms with van der Waals surface area (Å²) in [5.74, 6) is -0.647. The number of thioether (sulfide) groups is 1. The number of benzene rings is 2. The molecular weight excluding hydrogens is 604 g/mol. The summed E-state index contributed by atoms with van der Waals surface area (Å²) in [6, 6.07) is 13.7. The van der Waals surface area contributed by atoms with Crippen molar-refractivity contribution in [3.63, 3.8) is 0 Å². The fraction of sp³-hybridized carbons (Fsp3) is 0.281. The molecule has 0 aliphatic carbocycles. The first-order valence-corrected chi connectivity index (χ1v) is 15.9. The molecule has 2 aromatic heterocycles. The Hall–Kier alpha value is -4.29. The maximum Gasteiger partial charge on any atom is 0.301 e. The van der Waals surface area contributed by atoms with Crippen molar-refractivity contribution in [3.05, 3.63) is 95.1 Å². The van der Waals surface area contributed by atoms with E-state index < -0.39 is 17.7 Å². The molecule has 1 saturated heterocycles. The topological polar surface area (TPSA) is 115 Å². The van der Waals surface area contributed by atoms with E-state index in [2.05, 4.69) is 29.0 Å². The summed E-state index contributed by atoms with van der Waals surface area (Å²) in [6.07, 6.45) is 3.83. The zero-order chi connectivity index (χ0) is 31.2. The van der Waals surface area contributed by atoms with Gasteiger partial charge in [0.05, 0.1) is 24.8 Å². The molecular formula is C32H31FN4O5S2. The van der Waals surface area contributed by atoms with Gasteiger partial charge in [-0.2, -0.15) is 0 Å². The molecule has 12 heteroatoms. The molecule has 3 heterocycles. The van der Waals surface area contributed by atoms with Crippen LogP contribution in [0.1, 0.15) is 49.9 Å². The third kappa shape index (κ3) is 6.76. The van der Waals surface area contributed by atoms with Gasteiger partial charge in [0.2, 0.25) is 5.13 Å². The van der Waals surface area contributed by atoms with Crippen molar-refractivity contribution in [2.24, 2.45) is 5.92 Å². The molecule has 0 spiro atoms. The van der Waals surface area contributed by atoms with Crippen LogP contribution in [-0.2, 0) is 15.3 Å². The summed E-state index contributed by atoms with van der Waals surface area (Å²) in [6.45, 7) is 6.93. The van der Waals surface area contributed by atoms with Gasteiger partial charge in [0.25, 0.3) is 5.78 Å². The van der Waals surface area contributed by atoms with Crippen LogP contribution in [0.15, 0.2) is 76.9 Å². The smallest absolute Gasteiger partial charge is 0.301 e. The van der Waals surface area contributed by atoms with Gasteiger partial charge in [-0.25, -0.2) is 4.39 Å². The number of aliphatic hydroxyl groups is 1. The maximum absolute atomic E-state index is 14.2. The molecule has 44 heavy (non-hydrogen) atoms. The van der Waals surface area contributed by atoms with Crippen LogP contribution in [0.25, 0.3) is 5.76 Å². The summed E-state index contributed by atoms with van der Waals surface area (Å²) < 4.78 is 26.6. The average Bonchev–Trinajstić information content (AvgIpc) is 3.59. The lowest BCUT2D eigenvalue weighted by molar-refractivity contribution is -0.132. The van der Waals surface area contributed by atoms with Gasteiger partial charge < -0.3 is 14.6 Å². The Morgan fingerprint density at radius 1 is 1.07 bits per heavy atom. The van der Waals surface area contributed by atoms with Crippen molar-refractivity contribution in [1.29, 1.82) is 0 Å². The minimum atomic E-state index is -1.04. The Balaban J connectivity index is 1.55. The highest BCUT2D eigenvalue weighted by atomic mass is 32.2. The fourth-order valence-electron chi connectivity index (χ4n) is 4.61. The second-order valence-corrected chi connectivity index (χ2v) is 12.5. The molecule has 1 N–H and O–H groups in total. The first kappa shape index (κ1) is 31.1. The van der Waals surface area contributed by atoms with Crippen LogP contribution in [0, 0.1) is 11.7 Å². The zero-order valence-electron chi connectivity index (χ0n) is 24.4. The predicted octanol–water partition coefficient (Wildman–Crippen LogP) is 6.81. The first-order valence-electron chi connectivity index (χ1n) is 14.1. The van der Waals surface area contributed by atoms with Crippen molar-refractivity contribution in [2.45, 2.75) is 43.3 Å². The number of halogens is 1. The number of nitrogens with zero attached hydrogens (tertiary/aromatic N) is 4. The van der Waals surface area contributed by atoms with Crippen molar-refractivity contribution < 1.29 is 28.6 Å². The molecule has 2 aromatic carbocycles. The standard InChI is InChI=1S/C32H31FN4O5S2/c1-4-41-25-17-21(9-10-24(25)42-16-13-19(2)3)27-26(28(38)20-11-14-34-15-12-20)29(39)30(40)37(27)31-35-36-32(44-31)43-18-22-7-5-6-8-23(22)33/h5-12,14-15,17,19,27,38H,4,13,16,18H2,1-3H3/b28-26+. The molecule has 0 bridgehead atoms. The minimum absolute atomic E-state index is 0.104.